The molecule has 0 aliphatic heterocycles. The van der Waals surface area contributed by atoms with E-state index in [1.54, 1.807) is 19.2 Å². The van der Waals surface area contributed by atoms with Crippen molar-refractivity contribution in [3.8, 4) is 0 Å². The summed E-state index contributed by atoms with van der Waals surface area (Å²) in [4.78, 5) is 23.3. The van der Waals surface area contributed by atoms with E-state index < -0.39 is 11.5 Å². The summed E-state index contributed by atoms with van der Waals surface area (Å²) in [7, 11) is 2.98. The number of hydrogen-bond acceptors (Lipinski definition) is 3. The average Bonchev–Trinajstić information content (AvgIpc) is 2.42. The van der Waals surface area contributed by atoms with Gasteiger partial charge in [0.2, 0.25) is 0 Å². The predicted octanol–water partition coefficient (Wildman–Crippen LogP) is 1.60. The summed E-state index contributed by atoms with van der Waals surface area (Å²) in [6.07, 6.45) is 0. The molecule has 0 radical (unpaired) electrons. The Labute approximate surface area is 122 Å². The highest BCUT2D eigenvalue weighted by molar-refractivity contribution is 9.10. The molecule has 0 bridgehead atoms. The Bertz CT molecular complexity index is 767. The molecule has 0 saturated carbocycles. The van der Waals surface area contributed by atoms with Crippen LogP contribution in [0.4, 0.5) is 10.1 Å². The van der Waals surface area contributed by atoms with E-state index in [1.807, 2.05) is 0 Å². The topological polar surface area (TPSA) is 56.0 Å². The fourth-order valence-corrected chi connectivity index (χ4v) is 2.13. The number of hydrogen-bond donors (Lipinski definition) is 1. The van der Waals surface area contributed by atoms with Gasteiger partial charge in [-0.25, -0.2) is 9.18 Å². The molecule has 0 amide bonds. The predicted molar refractivity (Wildman–Crippen MR) is 78.4 cm³/mol. The van der Waals surface area contributed by atoms with Gasteiger partial charge in [0, 0.05) is 30.3 Å². The maximum absolute atomic E-state index is 13.6. The van der Waals surface area contributed by atoms with Crippen LogP contribution < -0.4 is 16.6 Å². The van der Waals surface area contributed by atoms with Crippen molar-refractivity contribution in [2.45, 2.75) is 6.54 Å². The van der Waals surface area contributed by atoms with Gasteiger partial charge >= 0.3 is 5.69 Å². The van der Waals surface area contributed by atoms with Crippen LogP contribution in [0.5, 0.6) is 0 Å². The summed E-state index contributed by atoms with van der Waals surface area (Å²) in [5.74, 6) is -0.401. The minimum atomic E-state index is -0.413. The molecule has 0 unspecified atom stereocenters. The summed E-state index contributed by atoms with van der Waals surface area (Å²) < 4.78 is 16.7. The largest absolute Gasteiger partial charge is 0.377 e. The molecule has 1 aromatic heterocycles. The standard InChI is InChI=1S/C13H13BrFN3O2/c1-17-9(6-12(19)18(2)13(17)20)7-16-11-5-8(14)3-4-10(11)15/h3-6,16H,7H2,1-2H3. The lowest BCUT2D eigenvalue weighted by molar-refractivity contribution is 0.626. The van der Waals surface area contributed by atoms with Gasteiger partial charge in [0.25, 0.3) is 5.56 Å². The van der Waals surface area contributed by atoms with Crippen molar-refractivity contribution in [2.75, 3.05) is 5.32 Å². The van der Waals surface area contributed by atoms with Crippen LogP contribution in [0.2, 0.25) is 0 Å². The summed E-state index contributed by atoms with van der Waals surface area (Å²) in [5.41, 5.74) is -0.0198. The minimum absolute atomic E-state index is 0.176. The van der Waals surface area contributed by atoms with Crippen LogP contribution in [0.1, 0.15) is 5.69 Å². The van der Waals surface area contributed by atoms with Crippen LogP contribution >= 0.6 is 15.9 Å². The number of benzene rings is 1. The number of aromatic nitrogens is 2. The second-order valence-corrected chi connectivity index (χ2v) is 5.27. The average molecular weight is 342 g/mol. The normalized spacial score (nSPS) is 10.6. The highest BCUT2D eigenvalue weighted by Gasteiger charge is 2.07. The van der Waals surface area contributed by atoms with Crippen LogP contribution in [0.15, 0.2) is 38.3 Å². The van der Waals surface area contributed by atoms with E-state index in [4.69, 9.17) is 0 Å². The summed E-state index contributed by atoms with van der Waals surface area (Å²) >= 11 is 3.25. The fraction of sp³-hybridized carbons (Fsp3) is 0.231. The van der Waals surface area contributed by atoms with E-state index in [0.29, 0.717) is 11.4 Å². The highest BCUT2D eigenvalue weighted by Crippen LogP contribution is 2.20. The van der Waals surface area contributed by atoms with Gasteiger partial charge in [0.1, 0.15) is 5.82 Å². The van der Waals surface area contributed by atoms with Gasteiger partial charge in [-0.1, -0.05) is 15.9 Å². The van der Waals surface area contributed by atoms with Crippen LogP contribution in [-0.2, 0) is 20.6 Å². The Balaban J connectivity index is 2.30. The van der Waals surface area contributed by atoms with E-state index in [2.05, 4.69) is 21.2 Å². The highest BCUT2D eigenvalue weighted by atomic mass is 79.9. The van der Waals surface area contributed by atoms with Crippen LogP contribution in [0.25, 0.3) is 0 Å². The third kappa shape index (κ3) is 2.82. The first-order valence-corrected chi connectivity index (χ1v) is 6.64. The first-order valence-electron chi connectivity index (χ1n) is 5.85. The van der Waals surface area contributed by atoms with E-state index in [0.717, 1.165) is 9.04 Å². The van der Waals surface area contributed by atoms with Gasteiger partial charge in [-0.05, 0) is 18.2 Å². The molecular formula is C13H13BrFN3O2. The van der Waals surface area contributed by atoms with Crippen molar-refractivity contribution >= 4 is 21.6 Å². The molecule has 1 heterocycles. The second-order valence-electron chi connectivity index (χ2n) is 4.35. The number of anilines is 1. The quantitative estimate of drug-likeness (QED) is 0.922. The lowest BCUT2D eigenvalue weighted by Crippen LogP contribution is -2.38. The van der Waals surface area contributed by atoms with Crippen LogP contribution in [-0.4, -0.2) is 9.13 Å². The van der Waals surface area contributed by atoms with E-state index >= 15 is 0 Å². The zero-order chi connectivity index (χ0) is 14.9. The maximum Gasteiger partial charge on any atom is 0.330 e. The van der Waals surface area contributed by atoms with E-state index in [-0.39, 0.29) is 12.1 Å². The van der Waals surface area contributed by atoms with Crippen molar-refractivity contribution in [3.63, 3.8) is 0 Å². The van der Waals surface area contributed by atoms with Gasteiger partial charge in [0.15, 0.2) is 0 Å². The first kappa shape index (κ1) is 14.5. The van der Waals surface area contributed by atoms with Crippen LogP contribution in [0, 0.1) is 5.82 Å². The summed E-state index contributed by atoms with van der Waals surface area (Å²) in [6.45, 7) is 0.176. The minimum Gasteiger partial charge on any atom is -0.377 e. The molecule has 2 rings (SSSR count). The second kappa shape index (κ2) is 5.62. The fourth-order valence-electron chi connectivity index (χ4n) is 1.77. The van der Waals surface area contributed by atoms with Gasteiger partial charge in [-0.2, -0.15) is 0 Å². The molecule has 1 aromatic carbocycles. The Morgan fingerprint density at radius 1 is 1.20 bits per heavy atom. The molecule has 5 nitrogen and oxygen atoms in total. The zero-order valence-corrected chi connectivity index (χ0v) is 12.6. The molecule has 1 N–H and O–H groups in total. The number of nitrogens with one attached hydrogen (secondary N) is 1. The monoisotopic (exact) mass is 341 g/mol. The lowest BCUT2D eigenvalue weighted by atomic mass is 10.3. The summed E-state index contributed by atoms with van der Waals surface area (Å²) in [5, 5.41) is 2.87. The van der Waals surface area contributed by atoms with Crippen molar-refractivity contribution < 1.29 is 4.39 Å². The number of rotatable bonds is 3. The Morgan fingerprint density at radius 3 is 2.60 bits per heavy atom. The van der Waals surface area contributed by atoms with E-state index in [1.165, 1.54) is 23.7 Å². The van der Waals surface area contributed by atoms with E-state index in [9.17, 15) is 14.0 Å². The Kier molecular flexibility index (Phi) is 4.08. The lowest BCUT2D eigenvalue weighted by Gasteiger charge is -2.12. The van der Waals surface area contributed by atoms with Gasteiger partial charge in [-0.3, -0.25) is 13.9 Å². The van der Waals surface area contributed by atoms with Crippen molar-refractivity contribution in [1.82, 2.24) is 9.13 Å². The van der Waals surface area contributed by atoms with Crippen molar-refractivity contribution in [3.05, 3.63) is 61.1 Å². The molecule has 106 valence electrons. The third-order valence-corrected chi connectivity index (χ3v) is 3.51. The number of halogens is 2. The molecule has 0 aliphatic rings. The Morgan fingerprint density at radius 2 is 1.90 bits per heavy atom. The molecular weight excluding hydrogens is 329 g/mol. The molecule has 0 spiro atoms. The molecule has 0 aliphatic carbocycles. The van der Waals surface area contributed by atoms with Gasteiger partial charge < -0.3 is 5.32 Å². The maximum atomic E-state index is 13.6. The van der Waals surface area contributed by atoms with Crippen LogP contribution in [0.3, 0.4) is 0 Å². The SMILES string of the molecule is Cn1c(CNc2cc(Br)ccc2F)cc(=O)n(C)c1=O. The van der Waals surface area contributed by atoms with Crippen molar-refractivity contribution in [1.29, 1.82) is 0 Å². The van der Waals surface area contributed by atoms with Crippen molar-refractivity contribution in [2.24, 2.45) is 14.1 Å². The molecule has 2 aromatic rings. The van der Waals surface area contributed by atoms with Gasteiger partial charge in [0.05, 0.1) is 12.2 Å². The molecule has 0 fully saturated rings. The Hall–Kier alpha value is -1.89. The molecule has 0 atom stereocenters. The molecule has 0 saturated heterocycles. The zero-order valence-electron chi connectivity index (χ0n) is 11.0. The smallest absolute Gasteiger partial charge is 0.330 e. The van der Waals surface area contributed by atoms with Gasteiger partial charge in [-0.15, -0.1) is 0 Å². The first-order chi connectivity index (χ1) is 9.40. The summed E-state index contributed by atoms with van der Waals surface area (Å²) in [6, 6.07) is 5.86. The third-order valence-electron chi connectivity index (χ3n) is 3.01. The molecule has 20 heavy (non-hydrogen) atoms. The molecule has 7 heteroatoms. The number of nitrogens with zero attached hydrogens (tertiary/aromatic N) is 2.